The summed E-state index contributed by atoms with van der Waals surface area (Å²) in [4.78, 5) is 35.1. The molecule has 0 heterocycles. The molecule has 1 aromatic rings. The van der Waals surface area contributed by atoms with Crippen LogP contribution in [-0.2, 0) is 9.59 Å². The van der Waals surface area contributed by atoms with Crippen molar-refractivity contribution in [3.63, 3.8) is 0 Å². The highest BCUT2D eigenvalue weighted by Gasteiger charge is 2.32. The molecule has 0 bridgehead atoms. The molecular formula is C15H16F2N2O3. The Morgan fingerprint density at radius 1 is 1.23 bits per heavy atom. The van der Waals surface area contributed by atoms with Gasteiger partial charge in [-0.3, -0.25) is 14.4 Å². The number of benzene rings is 1. The summed E-state index contributed by atoms with van der Waals surface area (Å²) in [6.07, 6.45) is 1.81. The number of ketones is 1. The lowest BCUT2D eigenvalue weighted by Crippen LogP contribution is -2.50. The summed E-state index contributed by atoms with van der Waals surface area (Å²) in [5.41, 5.74) is 5.04. The molecule has 1 aliphatic carbocycles. The van der Waals surface area contributed by atoms with Crippen LogP contribution in [0.25, 0.3) is 0 Å². The molecule has 0 radical (unpaired) electrons. The Morgan fingerprint density at radius 2 is 1.86 bits per heavy atom. The normalized spacial score (nSPS) is 19.5. The second kappa shape index (κ2) is 6.64. The zero-order chi connectivity index (χ0) is 16.3. The predicted octanol–water partition coefficient (Wildman–Crippen LogP) is 1.31. The maximum Gasteiger partial charge on any atom is 0.252 e. The van der Waals surface area contributed by atoms with Crippen molar-refractivity contribution in [3.05, 3.63) is 35.4 Å². The van der Waals surface area contributed by atoms with Gasteiger partial charge in [-0.25, -0.2) is 8.78 Å². The molecule has 3 N–H and O–H groups in total. The highest BCUT2D eigenvalue weighted by atomic mass is 19.1. The molecule has 1 aliphatic rings. The van der Waals surface area contributed by atoms with Crippen molar-refractivity contribution >= 4 is 17.6 Å². The number of amides is 2. The van der Waals surface area contributed by atoms with E-state index in [2.05, 4.69) is 5.32 Å². The number of nitrogens with one attached hydrogen (secondary N) is 1. The van der Waals surface area contributed by atoms with Crippen LogP contribution in [0.15, 0.2) is 18.2 Å². The molecule has 22 heavy (non-hydrogen) atoms. The van der Waals surface area contributed by atoms with Crippen LogP contribution in [0.4, 0.5) is 8.78 Å². The van der Waals surface area contributed by atoms with Crippen LogP contribution in [-0.4, -0.2) is 23.6 Å². The summed E-state index contributed by atoms with van der Waals surface area (Å²) in [7, 11) is 0. The molecule has 1 fully saturated rings. The highest BCUT2D eigenvalue weighted by molar-refractivity contribution is 5.97. The standard InChI is InChI=1S/C15H16F2N2O3/c16-10-4-9(5-11(17)7-10)15(22)19-13(14(18)21)8-2-1-3-12(20)6-8/h4-5,7-8,13H,1-3,6H2,(H2,18,21)(H,19,22)/t8-,13-/m0/s1. The van der Waals surface area contributed by atoms with E-state index in [1.54, 1.807) is 0 Å². The first-order valence-electron chi connectivity index (χ1n) is 6.95. The van der Waals surface area contributed by atoms with E-state index in [4.69, 9.17) is 5.73 Å². The number of halogens is 2. The van der Waals surface area contributed by atoms with Crippen molar-refractivity contribution in [2.24, 2.45) is 11.7 Å². The van der Waals surface area contributed by atoms with Crippen LogP contribution in [0, 0.1) is 17.6 Å². The number of carbonyl (C=O) groups excluding carboxylic acids is 3. The fourth-order valence-electron chi connectivity index (χ4n) is 2.67. The Balaban J connectivity index is 2.15. The van der Waals surface area contributed by atoms with Gasteiger partial charge in [0.1, 0.15) is 23.5 Å². The lowest BCUT2D eigenvalue weighted by atomic mass is 9.82. The quantitative estimate of drug-likeness (QED) is 0.878. The van der Waals surface area contributed by atoms with E-state index in [0.29, 0.717) is 25.3 Å². The van der Waals surface area contributed by atoms with Crippen LogP contribution in [0.2, 0.25) is 0 Å². The molecule has 0 spiro atoms. The van der Waals surface area contributed by atoms with Crippen LogP contribution in [0.5, 0.6) is 0 Å². The van der Waals surface area contributed by atoms with Gasteiger partial charge in [-0.1, -0.05) is 0 Å². The van der Waals surface area contributed by atoms with Crippen molar-refractivity contribution in [1.82, 2.24) is 5.32 Å². The summed E-state index contributed by atoms with van der Waals surface area (Å²) in [5.74, 6) is -3.75. The molecule has 1 aromatic carbocycles. The maximum absolute atomic E-state index is 13.1. The molecule has 5 nitrogen and oxygen atoms in total. The summed E-state index contributed by atoms with van der Waals surface area (Å²) in [6, 6.07) is 1.33. The third kappa shape index (κ3) is 3.87. The lowest BCUT2D eigenvalue weighted by Gasteiger charge is -2.28. The minimum Gasteiger partial charge on any atom is -0.368 e. The fraction of sp³-hybridized carbons (Fsp3) is 0.400. The van der Waals surface area contributed by atoms with Gasteiger partial charge < -0.3 is 11.1 Å². The number of primary amides is 1. The topological polar surface area (TPSA) is 89.3 Å². The van der Waals surface area contributed by atoms with Gasteiger partial charge >= 0.3 is 0 Å². The summed E-state index contributed by atoms with van der Waals surface area (Å²) in [6.45, 7) is 0. The Bertz CT molecular complexity index is 599. The number of rotatable bonds is 4. The second-order valence-corrected chi connectivity index (χ2v) is 5.41. The minimum atomic E-state index is -1.04. The number of carbonyl (C=O) groups is 3. The van der Waals surface area contributed by atoms with Crippen molar-refractivity contribution in [2.75, 3.05) is 0 Å². The van der Waals surface area contributed by atoms with E-state index in [1.165, 1.54) is 0 Å². The molecule has 0 unspecified atom stereocenters. The molecule has 0 aromatic heterocycles. The number of hydrogen-bond donors (Lipinski definition) is 2. The van der Waals surface area contributed by atoms with Crippen LogP contribution < -0.4 is 11.1 Å². The third-order valence-corrected chi connectivity index (χ3v) is 3.71. The Labute approximate surface area is 125 Å². The number of Topliss-reactive ketones (excluding diaryl/α,β-unsaturated/α-hetero) is 1. The molecule has 118 valence electrons. The van der Waals surface area contributed by atoms with Crippen molar-refractivity contribution in [3.8, 4) is 0 Å². The van der Waals surface area contributed by atoms with Gasteiger partial charge in [0.15, 0.2) is 0 Å². The van der Waals surface area contributed by atoms with Gasteiger partial charge in [-0.05, 0) is 30.9 Å². The predicted molar refractivity (Wildman–Crippen MR) is 73.8 cm³/mol. The van der Waals surface area contributed by atoms with Gasteiger partial charge in [-0.15, -0.1) is 0 Å². The molecule has 2 amide bonds. The van der Waals surface area contributed by atoms with E-state index in [-0.39, 0.29) is 23.7 Å². The van der Waals surface area contributed by atoms with E-state index >= 15 is 0 Å². The molecular weight excluding hydrogens is 294 g/mol. The molecule has 2 atom stereocenters. The van der Waals surface area contributed by atoms with Gasteiger partial charge in [0, 0.05) is 24.5 Å². The van der Waals surface area contributed by atoms with Gasteiger partial charge in [0.05, 0.1) is 0 Å². The van der Waals surface area contributed by atoms with E-state index in [9.17, 15) is 23.2 Å². The summed E-state index contributed by atoms with van der Waals surface area (Å²) in [5, 5.41) is 2.38. The summed E-state index contributed by atoms with van der Waals surface area (Å²) < 4.78 is 26.3. The van der Waals surface area contributed by atoms with Crippen molar-refractivity contribution in [1.29, 1.82) is 0 Å². The smallest absolute Gasteiger partial charge is 0.252 e. The molecule has 0 aliphatic heterocycles. The average Bonchev–Trinajstić information content (AvgIpc) is 2.43. The Kier molecular flexibility index (Phi) is 4.85. The zero-order valence-corrected chi connectivity index (χ0v) is 11.8. The Hall–Kier alpha value is -2.31. The van der Waals surface area contributed by atoms with Crippen LogP contribution >= 0.6 is 0 Å². The Morgan fingerprint density at radius 3 is 2.41 bits per heavy atom. The van der Waals surface area contributed by atoms with Crippen molar-refractivity contribution < 1.29 is 23.2 Å². The third-order valence-electron chi connectivity index (χ3n) is 3.71. The molecule has 7 heteroatoms. The summed E-state index contributed by atoms with van der Waals surface area (Å²) >= 11 is 0. The highest BCUT2D eigenvalue weighted by Crippen LogP contribution is 2.24. The molecule has 0 saturated heterocycles. The lowest BCUT2D eigenvalue weighted by molar-refractivity contribution is -0.124. The van der Waals surface area contributed by atoms with Crippen LogP contribution in [0.3, 0.4) is 0 Å². The first kappa shape index (κ1) is 16.1. The number of hydrogen-bond acceptors (Lipinski definition) is 3. The SMILES string of the molecule is NC(=O)[C@@H](NC(=O)c1cc(F)cc(F)c1)[C@H]1CCCC(=O)C1. The average molecular weight is 310 g/mol. The van der Waals surface area contributed by atoms with Gasteiger partial charge in [0.25, 0.3) is 5.91 Å². The largest absolute Gasteiger partial charge is 0.368 e. The van der Waals surface area contributed by atoms with Crippen LogP contribution in [0.1, 0.15) is 36.0 Å². The number of nitrogens with two attached hydrogens (primary N) is 1. The second-order valence-electron chi connectivity index (χ2n) is 5.41. The zero-order valence-electron chi connectivity index (χ0n) is 11.8. The van der Waals surface area contributed by atoms with Gasteiger partial charge in [0.2, 0.25) is 5.91 Å². The minimum absolute atomic E-state index is 0.00792. The first-order valence-corrected chi connectivity index (χ1v) is 6.95. The molecule has 2 rings (SSSR count). The van der Waals surface area contributed by atoms with Gasteiger partial charge in [-0.2, -0.15) is 0 Å². The van der Waals surface area contributed by atoms with E-state index in [0.717, 1.165) is 12.1 Å². The first-order chi connectivity index (χ1) is 10.4. The van der Waals surface area contributed by atoms with E-state index < -0.39 is 29.5 Å². The molecule has 1 saturated carbocycles. The van der Waals surface area contributed by atoms with Crippen molar-refractivity contribution in [2.45, 2.75) is 31.7 Å². The maximum atomic E-state index is 13.1. The van der Waals surface area contributed by atoms with E-state index in [1.807, 2.05) is 0 Å². The fourth-order valence-corrected chi connectivity index (χ4v) is 2.67. The monoisotopic (exact) mass is 310 g/mol.